The van der Waals surface area contributed by atoms with E-state index in [1.54, 1.807) is 11.9 Å². The molecule has 0 radical (unpaired) electrons. The lowest BCUT2D eigenvalue weighted by molar-refractivity contribution is -0.137. The summed E-state index contributed by atoms with van der Waals surface area (Å²) in [6.45, 7) is 5.52. The molecule has 4 rings (SSSR count). The number of aldehydes is 1. The Hall–Kier alpha value is -5.15. The number of rotatable bonds is 20. The first kappa shape index (κ1) is 37.7. The summed E-state index contributed by atoms with van der Waals surface area (Å²) in [4.78, 5) is 48.8. The van der Waals surface area contributed by atoms with Gasteiger partial charge in [-0.3, -0.25) is 14.4 Å². The van der Waals surface area contributed by atoms with E-state index in [-0.39, 0.29) is 11.0 Å². The van der Waals surface area contributed by atoms with E-state index in [9.17, 15) is 19.2 Å². The monoisotopic (exact) mass is 693 g/mol. The number of carbonyl (C=O) groups excluding carboxylic acids is 4. The van der Waals surface area contributed by atoms with Crippen molar-refractivity contribution in [1.29, 1.82) is 0 Å². The Bertz CT molecular complexity index is 1770. The number of unbranched alkanes of at least 4 members (excludes halogenated alkanes) is 4. The van der Waals surface area contributed by atoms with E-state index in [1.165, 1.54) is 23.9 Å². The van der Waals surface area contributed by atoms with Gasteiger partial charge in [0.05, 0.1) is 19.8 Å². The number of thioether (sulfide) groups is 1. The summed E-state index contributed by atoms with van der Waals surface area (Å²) in [5.74, 6) is 0.993. The summed E-state index contributed by atoms with van der Waals surface area (Å²) < 4.78 is 16.7. The summed E-state index contributed by atoms with van der Waals surface area (Å²) in [5.41, 5.74) is 2.73. The Morgan fingerprint density at radius 3 is 2.04 bits per heavy atom. The summed E-state index contributed by atoms with van der Waals surface area (Å²) in [7, 11) is 1.73. The van der Waals surface area contributed by atoms with Crippen LogP contribution in [-0.2, 0) is 19.1 Å². The Labute approximate surface area is 298 Å². The second-order valence-electron chi connectivity index (χ2n) is 11.6. The highest BCUT2D eigenvalue weighted by Gasteiger charge is 2.11. The SMILES string of the molecule is C=CC(=O)OCCCCOc1ccc(-c2ccc(SC(=O)c3ccc4cc(OCCCCCCN(C)C(=O)/C=C\C=O)ccc4c3)cc2)cc1. The topological polar surface area (TPSA) is 99.2 Å². The van der Waals surface area contributed by atoms with Crippen molar-refractivity contribution in [2.75, 3.05) is 33.4 Å². The van der Waals surface area contributed by atoms with E-state index < -0.39 is 5.97 Å². The number of nitrogens with zero attached hydrogens (tertiary/aromatic N) is 1. The van der Waals surface area contributed by atoms with Gasteiger partial charge in [-0.05, 0) is 114 Å². The lowest BCUT2D eigenvalue weighted by Crippen LogP contribution is -2.25. The number of carbonyl (C=O) groups is 4. The highest BCUT2D eigenvalue weighted by atomic mass is 32.2. The smallest absolute Gasteiger partial charge is 0.330 e. The van der Waals surface area contributed by atoms with Crippen molar-refractivity contribution in [1.82, 2.24) is 4.90 Å². The molecule has 0 aromatic heterocycles. The molecule has 0 fully saturated rings. The Morgan fingerprint density at radius 1 is 0.720 bits per heavy atom. The molecular weight excluding hydrogens is 651 g/mol. The predicted octanol–water partition coefficient (Wildman–Crippen LogP) is 8.48. The van der Waals surface area contributed by atoms with Gasteiger partial charge in [-0.1, -0.05) is 55.8 Å². The normalized spacial score (nSPS) is 10.9. The van der Waals surface area contributed by atoms with E-state index in [4.69, 9.17) is 14.2 Å². The second kappa shape index (κ2) is 20.4. The van der Waals surface area contributed by atoms with Crippen molar-refractivity contribution < 1.29 is 33.4 Å². The van der Waals surface area contributed by atoms with Crippen LogP contribution in [0, 0.1) is 0 Å². The largest absolute Gasteiger partial charge is 0.494 e. The van der Waals surface area contributed by atoms with E-state index in [0.29, 0.717) is 38.2 Å². The van der Waals surface area contributed by atoms with E-state index in [2.05, 4.69) is 6.58 Å². The quantitative estimate of drug-likeness (QED) is 0.0299. The molecule has 0 spiro atoms. The maximum absolute atomic E-state index is 13.1. The summed E-state index contributed by atoms with van der Waals surface area (Å²) in [6.07, 6.45) is 9.53. The number of benzene rings is 4. The van der Waals surface area contributed by atoms with Gasteiger partial charge in [0.25, 0.3) is 0 Å². The molecule has 0 saturated heterocycles. The molecule has 0 aliphatic carbocycles. The minimum Gasteiger partial charge on any atom is -0.494 e. The number of fused-ring (bicyclic) bond motifs is 1. The zero-order chi connectivity index (χ0) is 35.6. The molecule has 4 aromatic rings. The molecule has 9 heteroatoms. The molecule has 260 valence electrons. The van der Waals surface area contributed by atoms with E-state index in [0.717, 1.165) is 82.9 Å². The van der Waals surface area contributed by atoms with Crippen LogP contribution in [0.4, 0.5) is 0 Å². The molecule has 50 heavy (non-hydrogen) atoms. The van der Waals surface area contributed by atoms with E-state index in [1.807, 2.05) is 84.9 Å². The Balaban J connectivity index is 1.18. The molecule has 0 aliphatic heterocycles. The van der Waals surface area contributed by atoms with Gasteiger partial charge in [0.15, 0.2) is 0 Å². The molecule has 1 amide bonds. The third-order valence-electron chi connectivity index (χ3n) is 7.87. The molecular formula is C41H43NO7S. The molecule has 0 aliphatic rings. The number of ether oxygens (including phenoxy) is 3. The predicted molar refractivity (Wildman–Crippen MR) is 199 cm³/mol. The molecule has 0 unspecified atom stereocenters. The number of allylic oxidation sites excluding steroid dienone is 1. The van der Waals surface area contributed by atoms with Crippen molar-refractivity contribution in [3.63, 3.8) is 0 Å². The highest BCUT2D eigenvalue weighted by Crippen LogP contribution is 2.29. The highest BCUT2D eigenvalue weighted by molar-refractivity contribution is 8.14. The van der Waals surface area contributed by atoms with Crippen LogP contribution in [0.15, 0.2) is 115 Å². The Kier molecular flexibility index (Phi) is 15.4. The molecule has 0 heterocycles. The van der Waals surface area contributed by atoms with Crippen LogP contribution in [0.1, 0.15) is 48.9 Å². The number of amides is 1. The lowest BCUT2D eigenvalue weighted by atomic mass is 10.1. The van der Waals surface area contributed by atoms with Crippen LogP contribution >= 0.6 is 11.8 Å². The standard InChI is InChI=1S/C41H43NO7S/c1-3-40(45)49-28-9-8-27-47-36-19-14-31(15-20-36)32-17-22-38(23-18-32)50-41(46)35-13-12-34-30-37(21-16-33(34)29-35)48-26-7-5-4-6-24-42(2)39(44)11-10-25-43/h3,10-23,25,29-30H,1,4-9,24,26-28H2,2H3/b11-10-. The summed E-state index contributed by atoms with van der Waals surface area (Å²) >= 11 is 1.21. The van der Waals surface area contributed by atoms with Gasteiger partial charge in [-0.2, -0.15) is 0 Å². The first-order valence-electron chi connectivity index (χ1n) is 16.7. The van der Waals surface area contributed by atoms with Crippen LogP contribution in [0.2, 0.25) is 0 Å². The Morgan fingerprint density at radius 2 is 1.32 bits per heavy atom. The second-order valence-corrected chi connectivity index (χ2v) is 12.7. The van der Waals surface area contributed by atoms with Gasteiger partial charge < -0.3 is 19.1 Å². The van der Waals surface area contributed by atoms with E-state index >= 15 is 0 Å². The van der Waals surface area contributed by atoms with Gasteiger partial charge in [0.2, 0.25) is 11.0 Å². The van der Waals surface area contributed by atoms with Gasteiger partial charge >= 0.3 is 5.97 Å². The fourth-order valence-electron chi connectivity index (χ4n) is 5.05. The summed E-state index contributed by atoms with van der Waals surface area (Å²) in [5, 5.41) is 1.96. The van der Waals surface area contributed by atoms with Crippen molar-refractivity contribution in [2.45, 2.75) is 43.4 Å². The van der Waals surface area contributed by atoms with Gasteiger partial charge in [0, 0.05) is 36.2 Å². The zero-order valence-electron chi connectivity index (χ0n) is 28.4. The maximum Gasteiger partial charge on any atom is 0.330 e. The van der Waals surface area contributed by atoms with Crippen LogP contribution in [0.25, 0.3) is 21.9 Å². The number of hydrogen-bond donors (Lipinski definition) is 0. The maximum atomic E-state index is 13.1. The molecule has 8 nitrogen and oxygen atoms in total. The molecule has 0 N–H and O–H groups in total. The average molecular weight is 694 g/mol. The number of likely N-dealkylation sites (N-methyl/N-ethyl adjacent to an activating group) is 1. The van der Waals surface area contributed by atoms with Gasteiger partial charge in [-0.25, -0.2) is 4.79 Å². The minimum absolute atomic E-state index is 0.0201. The zero-order valence-corrected chi connectivity index (χ0v) is 29.2. The van der Waals surface area contributed by atoms with Crippen LogP contribution in [0.5, 0.6) is 11.5 Å². The fourth-order valence-corrected chi connectivity index (χ4v) is 5.78. The van der Waals surface area contributed by atoms with Crippen molar-refractivity contribution >= 4 is 45.8 Å². The molecule has 4 aromatic carbocycles. The molecule has 0 atom stereocenters. The van der Waals surface area contributed by atoms with Crippen molar-refractivity contribution in [3.8, 4) is 22.6 Å². The van der Waals surface area contributed by atoms with Gasteiger partial charge in [0.1, 0.15) is 17.8 Å². The first-order valence-corrected chi connectivity index (χ1v) is 17.6. The van der Waals surface area contributed by atoms with Crippen LogP contribution in [0.3, 0.4) is 0 Å². The van der Waals surface area contributed by atoms with Gasteiger partial charge in [-0.15, -0.1) is 0 Å². The number of esters is 1. The molecule has 0 saturated carbocycles. The van der Waals surface area contributed by atoms with Crippen LogP contribution in [-0.4, -0.2) is 61.6 Å². The lowest BCUT2D eigenvalue weighted by Gasteiger charge is -2.14. The number of hydrogen-bond acceptors (Lipinski definition) is 8. The fraction of sp³-hybridized carbons (Fsp3) is 0.268. The van der Waals surface area contributed by atoms with Crippen LogP contribution < -0.4 is 9.47 Å². The third-order valence-corrected chi connectivity index (χ3v) is 8.80. The third kappa shape index (κ3) is 12.4. The van der Waals surface area contributed by atoms with Crippen molar-refractivity contribution in [2.24, 2.45) is 0 Å². The van der Waals surface area contributed by atoms with Crippen molar-refractivity contribution in [3.05, 3.63) is 115 Å². The molecule has 0 bridgehead atoms. The first-order chi connectivity index (χ1) is 24.4. The minimum atomic E-state index is -0.410. The average Bonchev–Trinajstić information content (AvgIpc) is 3.14. The summed E-state index contributed by atoms with van der Waals surface area (Å²) in [6, 6.07) is 27.5.